The molecule has 0 aromatic heterocycles. The summed E-state index contributed by atoms with van der Waals surface area (Å²) in [6, 6.07) is 8.69. The van der Waals surface area contributed by atoms with Crippen LogP contribution in [0.25, 0.3) is 0 Å². The molecule has 0 radical (unpaired) electrons. The number of ether oxygens (including phenoxy) is 1. The van der Waals surface area contributed by atoms with Crippen molar-refractivity contribution in [3.8, 4) is 5.75 Å². The molecule has 0 aliphatic carbocycles. The lowest BCUT2D eigenvalue weighted by Crippen LogP contribution is -2.49. The summed E-state index contributed by atoms with van der Waals surface area (Å²) in [5.41, 5.74) is 1.24. The molecule has 1 aromatic carbocycles. The molecule has 2 saturated heterocycles. The topological polar surface area (TPSA) is 44.8 Å². The fraction of sp³-hybridized carbons (Fsp3) is 0.533. The van der Waals surface area contributed by atoms with Gasteiger partial charge in [0, 0.05) is 44.2 Å². The first-order chi connectivity index (χ1) is 9.83. The molecule has 3 heterocycles. The Morgan fingerprint density at radius 1 is 1.35 bits per heavy atom. The summed E-state index contributed by atoms with van der Waals surface area (Å²) >= 11 is 0. The highest BCUT2D eigenvalue weighted by molar-refractivity contribution is 5.77. The van der Waals surface area contributed by atoms with Gasteiger partial charge in [0.05, 0.1) is 12.6 Å². The van der Waals surface area contributed by atoms with E-state index in [0.717, 1.165) is 38.5 Å². The van der Waals surface area contributed by atoms with Crippen molar-refractivity contribution >= 4 is 6.03 Å². The van der Waals surface area contributed by atoms with E-state index in [1.54, 1.807) is 0 Å². The summed E-state index contributed by atoms with van der Waals surface area (Å²) < 4.78 is 5.71. The molecule has 0 bridgehead atoms. The van der Waals surface area contributed by atoms with Gasteiger partial charge in [0.2, 0.25) is 0 Å². The van der Waals surface area contributed by atoms with Crippen molar-refractivity contribution in [3.63, 3.8) is 0 Å². The molecule has 2 fully saturated rings. The van der Waals surface area contributed by atoms with Gasteiger partial charge in [-0.2, -0.15) is 0 Å². The van der Waals surface area contributed by atoms with Crippen LogP contribution in [0.15, 0.2) is 24.3 Å². The van der Waals surface area contributed by atoms with E-state index in [9.17, 15) is 4.79 Å². The highest BCUT2D eigenvalue weighted by atomic mass is 16.5. The van der Waals surface area contributed by atoms with Gasteiger partial charge in [0.25, 0.3) is 0 Å². The molecule has 4 rings (SSSR count). The van der Waals surface area contributed by atoms with Crippen molar-refractivity contribution in [2.24, 2.45) is 0 Å². The van der Waals surface area contributed by atoms with Crippen molar-refractivity contribution in [1.82, 2.24) is 15.1 Å². The normalized spacial score (nSPS) is 28.3. The number of para-hydroxylation sites is 1. The van der Waals surface area contributed by atoms with Crippen LogP contribution in [0.5, 0.6) is 5.75 Å². The highest BCUT2D eigenvalue weighted by Gasteiger charge is 2.40. The molecule has 3 aliphatic rings. The third-order valence-electron chi connectivity index (χ3n) is 4.54. The van der Waals surface area contributed by atoms with Gasteiger partial charge in [-0.25, -0.2) is 4.79 Å². The van der Waals surface area contributed by atoms with Gasteiger partial charge >= 0.3 is 6.03 Å². The van der Waals surface area contributed by atoms with Gasteiger partial charge in [-0.1, -0.05) is 18.2 Å². The number of fused-ring (bicyclic) bond motifs is 2. The number of hydrogen-bond donors (Lipinski definition) is 1. The predicted octanol–water partition coefficient (Wildman–Crippen LogP) is 0.872. The molecule has 2 atom stereocenters. The van der Waals surface area contributed by atoms with Gasteiger partial charge in [-0.15, -0.1) is 0 Å². The van der Waals surface area contributed by atoms with Crippen molar-refractivity contribution in [3.05, 3.63) is 29.8 Å². The van der Waals surface area contributed by atoms with Crippen molar-refractivity contribution in [2.45, 2.75) is 12.0 Å². The first kappa shape index (κ1) is 12.0. The van der Waals surface area contributed by atoms with Gasteiger partial charge in [0.1, 0.15) is 5.75 Å². The predicted molar refractivity (Wildman–Crippen MR) is 75.0 cm³/mol. The van der Waals surface area contributed by atoms with Gasteiger partial charge in [-0.3, -0.25) is 0 Å². The maximum absolute atomic E-state index is 12.4. The lowest BCUT2D eigenvalue weighted by Gasteiger charge is -2.28. The van der Waals surface area contributed by atoms with E-state index in [-0.39, 0.29) is 6.03 Å². The Morgan fingerprint density at radius 3 is 3.15 bits per heavy atom. The number of nitrogens with zero attached hydrogens (tertiary/aromatic N) is 2. The van der Waals surface area contributed by atoms with Gasteiger partial charge in [-0.05, 0) is 6.07 Å². The summed E-state index contributed by atoms with van der Waals surface area (Å²) in [7, 11) is 0. The number of benzene rings is 1. The van der Waals surface area contributed by atoms with Crippen LogP contribution < -0.4 is 10.1 Å². The second-order valence-electron chi connectivity index (χ2n) is 5.78. The molecule has 106 valence electrons. The van der Waals surface area contributed by atoms with Crippen LogP contribution in [0.1, 0.15) is 11.5 Å². The van der Waals surface area contributed by atoms with E-state index in [0.29, 0.717) is 18.6 Å². The number of hydrogen-bond acceptors (Lipinski definition) is 3. The number of carbonyl (C=O) groups excluding carboxylic acids is 1. The summed E-state index contributed by atoms with van der Waals surface area (Å²) in [6.07, 6.45) is 0. The van der Waals surface area contributed by atoms with Crippen LogP contribution in [0.2, 0.25) is 0 Å². The fourth-order valence-electron chi connectivity index (χ4n) is 3.49. The van der Waals surface area contributed by atoms with Crippen LogP contribution in [-0.4, -0.2) is 61.2 Å². The fourth-order valence-corrected chi connectivity index (χ4v) is 3.49. The van der Waals surface area contributed by atoms with Crippen LogP contribution >= 0.6 is 0 Å². The Morgan fingerprint density at radius 2 is 2.25 bits per heavy atom. The second kappa shape index (κ2) is 4.66. The number of rotatable bonds is 2. The molecule has 2 unspecified atom stereocenters. The number of piperazine rings is 1. The maximum atomic E-state index is 12.4. The first-order valence-corrected chi connectivity index (χ1v) is 7.31. The zero-order chi connectivity index (χ0) is 13.5. The van der Waals surface area contributed by atoms with E-state index in [2.05, 4.69) is 11.4 Å². The number of urea groups is 1. The average Bonchev–Trinajstić information content (AvgIpc) is 3.03. The standard InChI is InChI=1S/C15H19N3O2/c19-15-17(9-12-7-16-5-6-18(12)15)8-11-10-20-14-4-2-1-3-13(11)14/h1-4,11-12,16H,5-10H2. The van der Waals surface area contributed by atoms with E-state index in [1.807, 2.05) is 28.0 Å². The lowest BCUT2D eigenvalue weighted by molar-refractivity contribution is 0.176. The largest absolute Gasteiger partial charge is 0.493 e. The summed E-state index contributed by atoms with van der Waals surface area (Å²) in [6.45, 7) is 4.95. The summed E-state index contributed by atoms with van der Waals surface area (Å²) in [5, 5.41) is 3.36. The molecule has 1 N–H and O–H groups in total. The molecular formula is C15H19N3O2. The van der Waals surface area contributed by atoms with Crippen LogP contribution in [0, 0.1) is 0 Å². The maximum Gasteiger partial charge on any atom is 0.320 e. The second-order valence-corrected chi connectivity index (χ2v) is 5.78. The Hall–Kier alpha value is -1.75. The molecular weight excluding hydrogens is 254 g/mol. The Bertz CT molecular complexity index is 534. The van der Waals surface area contributed by atoms with Crippen LogP contribution in [0.4, 0.5) is 4.79 Å². The smallest absolute Gasteiger partial charge is 0.320 e. The third-order valence-corrected chi connectivity index (χ3v) is 4.54. The van der Waals surface area contributed by atoms with E-state index < -0.39 is 0 Å². The molecule has 0 saturated carbocycles. The molecule has 5 heteroatoms. The summed E-state index contributed by atoms with van der Waals surface area (Å²) in [4.78, 5) is 16.4. The minimum atomic E-state index is 0.195. The van der Waals surface area contributed by atoms with Crippen LogP contribution in [-0.2, 0) is 0 Å². The van der Waals surface area contributed by atoms with E-state index in [1.165, 1.54) is 5.56 Å². The third kappa shape index (κ3) is 1.85. The highest BCUT2D eigenvalue weighted by Crippen LogP contribution is 2.34. The van der Waals surface area contributed by atoms with Crippen molar-refractivity contribution in [1.29, 1.82) is 0 Å². The molecule has 3 aliphatic heterocycles. The molecule has 20 heavy (non-hydrogen) atoms. The monoisotopic (exact) mass is 273 g/mol. The van der Waals surface area contributed by atoms with E-state index >= 15 is 0 Å². The average molecular weight is 273 g/mol. The molecule has 5 nitrogen and oxygen atoms in total. The number of amides is 2. The molecule has 0 spiro atoms. The molecule has 1 aromatic rings. The van der Waals surface area contributed by atoms with Crippen molar-refractivity contribution in [2.75, 3.05) is 39.3 Å². The summed E-state index contributed by atoms with van der Waals surface area (Å²) in [5.74, 6) is 1.29. The number of carbonyl (C=O) groups is 1. The van der Waals surface area contributed by atoms with Crippen molar-refractivity contribution < 1.29 is 9.53 Å². The van der Waals surface area contributed by atoms with Gasteiger partial charge < -0.3 is 19.9 Å². The first-order valence-electron chi connectivity index (χ1n) is 7.31. The minimum absolute atomic E-state index is 0.195. The lowest BCUT2D eigenvalue weighted by atomic mass is 10.0. The Kier molecular flexibility index (Phi) is 2.80. The molecule has 2 amide bonds. The quantitative estimate of drug-likeness (QED) is 0.869. The minimum Gasteiger partial charge on any atom is -0.493 e. The Labute approximate surface area is 118 Å². The SMILES string of the molecule is O=C1N(CC2COc3ccccc32)CC2CNCCN12. The Balaban J connectivity index is 1.49. The number of nitrogens with one attached hydrogen (secondary N) is 1. The zero-order valence-corrected chi connectivity index (χ0v) is 11.4. The van der Waals surface area contributed by atoms with E-state index in [4.69, 9.17) is 4.74 Å². The van der Waals surface area contributed by atoms with Gasteiger partial charge in [0.15, 0.2) is 0 Å². The zero-order valence-electron chi connectivity index (χ0n) is 11.4. The van der Waals surface area contributed by atoms with Crippen LogP contribution in [0.3, 0.4) is 0 Å².